The van der Waals surface area contributed by atoms with Gasteiger partial charge in [0.25, 0.3) is 5.91 Å². The highest BCUT2D eigenvalue weighted by Gasteiger charge is 2.26. The van der Waals surface area contributed by atoms with Crippen molar-refractivity contribution >= 4 is 27.9 Å². The average Bonchev–Trinajstić information content (AvgIpc) is 2.67. The number of rotatable bonds is 8. The number of urea groups is 1. The SMILES string of the molecule is C=C/C=C(\C=C)C(=O)NC(=O)NC(c1cc(Br)ccn1)C(CO)OC.CC. The van der Waals surface area contributed by atoms with E-state index in [-0.39, 0.29) is 12.2 Å². The van der Waals surface area contributed by atoms with E-state index in [1.807, 2.05) is 13.8 Å². The number of pyridine rings is 1. The molecule has 0 bridgehead atoms. The molecule has 1 heterocycles. The predicted molar refractivity (Wildman–Crippen MR) is 109 cm³/mol. The fourth-order valence-electron chi connectivity index (χ4n) is 1.98. The molecule has 2 atom stereocenters. The van der Waals surface area contributed by atoms with Gasteiger partial charge in [-0.05, 0) is 12.1 Å². The van der Waals surface area contributed by atoms with Crippen molar-refractivity contribution in [2.45, 2.75) is 26.0 Å². The molecule has 3 amide bonds. The van der Waals surface area contributed by atoms with Crippen molar-refractivity contribution in [3.8, 4) is 0 Å². The van der Waals surface area contributed by atoms with Crippen LogP contribution in [0.25, 0.3) is 0 Å². The van der Waals surface area contributed by atoms with Gasteiger partial charge in [0.1, 0.15) is 12.1 Å². The molecular weight excluding hydrogens is 414 g/mol. The Morgan fingerprint density at radius 1 is 1.41 bits per heavy atom. The van der Waals surface area contributed by atoms with Crippen molar-refractivity contribution in [3.63, 3.8) is 0 Å². The van der Waals surface area contributed by atoms with Crippen LogP contribution in [-0.2, 0) is 9.53 Å². The van der Waals surface area contributed by atoms with E-state index in [1.54, 1.807) is 18.3 Å². The fourth-order valence-corrected chi connectivity index (χ4v) is 2.33. The van der Waals surface area contributed by atoms with Crippen LogP contribution < -0.4 is 10.6 Å². The highest BCUT2D eigenvalue weighted by molar-refractivity contribution is 9.10. The third-order valence-corrected chi connectivity index (χ3v) is 3.70. The Balaban J connectivity index is 0.00000326. The monoisotopic (exact) mass is 439 g/mol. The molecule has 3 N–H and O–H groups in total. The number of carbonyl (C=O) groups is 2. The molecule has 148 valence electrons. The minimum Gasteiger partial charge on any atom is -0.394 e. The van der Waals surface area contributed by atoms with Gasteiger partial charge in [-0.15, -0.1) is 0 Å². The lowest BCUT2D eigenvalue weighted by atomic mass is 10.1. The smallest absolute Gasteiger partial charge is 0.322 e. The Labute approximate surface area is 168 Å². The second kappa shape index (κ2) is 13.9. The first-order chi connectivity index (χ1) is 13.0. The molecule has 7 nitrogen and oxygen atoms in total. The van der Waals surface area contributed by atoms with Gasteiger partial charge in [0.05, 0.1) is 12.3 Å². The minimum absolute atomic E-state index is 0.188. The second-order valence-electron chi connectivity index (χ2n) is 4.82. The van der Waals surface area contributed by atoms with Gasteiger partial charge >= 0.3 is 6.03 Å². The number of allylic oxidation sites excluding steroid dienone is 2. The van der Waals surface area contributed by atoms with Gasteiger partial charge in [0.2, 0.25) is 0 Å². The average molecular weight is 440 g/mol. The molecule has 0 aliphatic carbocycles. The summed E-state index contributed by atoms with van der Waals surface area (Å²) in [7, 11) is 1.40. The van der Waals surface area contributed by atoms with Crippen molar-refractivity contribution in [2.75, 3.05) is 13.7 Å². The number of aliphatic hydroxyl groups excluding tert-OH is 1. The van der Waals surface area contributed by atoms with Crippen LogP contribution in [0.15, 0.2) is 59.8 Å². The van der Waals surface area contributed by atoms with Gasteiger partial charge in [-0.25, -0.2) is 4.79 Å². The number of halogens is 1. The molecule has 0 saturated heterocycles. The minimum atomic E-state index is -0.768. The van der Waals surface area contributed by atoms with E-state index in [1.165, 1.54) is 25.3 Å². The van der Waals surface area contributed by atoms with Crippen molar-refractivity contribution in [1.29, 1.82) is 0 Å². The number of hydrogen-bond acceptors (Lipinski definition) is 5. The number of aromatic nitrogens is 1. The van der Waals surface area contributed by atoms with Crippen molar-refractivity contribution in [1.82, 2.24) is 15.6 Å². The van der Waals surface area contributed by atoms with E-state index in [9.17, 15) is 14.7 Å². The summed E-state index contributed by atoms with van der Waals surface area (Å²) >= 11 is 3.32. The number of amides is 3. The van der Waals surface area contributed by atoms with Crippen molar-refractivity contribution < 1.29 is 19.4 Å². The first kappa shape index (κ1) is 24.7. The van der Waals surface area contributed by atoms with Gasteiger partial charge in [0, 0.05) is 23.4 Å². The van der Waals surface area contributed by atoms with Crippen LogP contribution >= 0.6 is 15.9 Å². The largest absolute Gasteiger partial charge is 0.394 e. The summed E-state index contributed by atoms with van der Waals surface area (Å²) in [5.74, 6) is -0.633. The number of carbonyl (C=O) groups excluding carboxylic acids is 2. The number of ether oxygens (including phenoxy) is 1. The van der Waals surface area contributed by atoms with Crippen LogP contribution in [0.5, 0.6) is 0 Å². The van der Waals surface area contributed by atoms with Gasteiger partial charge in [-0.1, -0.05) is 61.2 Å². The van der Waals surface area contributed by atoms with E-state index < -0.39 is 24.1 Å². The van der Waals surface area contributed by atoms with Gasteiger partial charge in [0.15, 0.2) is 0 Å². The lowest BCUT2D eigenvalue weighted by Crippen LogP contribution is -2.46. The maximum Gasteiger partial charge on any atom is 0.322 e. The van der Waals surface area contributed by atoms with E-state index >= 15 is 0 Å². The molecule has 2 unspecified atom stereocenters. The molecular formula is C19H26BrN3O4. The maximum absolute atomic E-state index is 12.2. The third kappa shape index (κ3) is 8.29. The number of imide groups is 1. The number of aliphatic hydroxyl groups is 1. The van der Waals surface area contributed by atoms with Gasteiger partial charge in [-0.3, -0.25) is 15.1 Å². The molecule has 0 aliphatic rings. The Morgan fingerprint density at radius 2 is 2.07 bits per heavy atom. The molecule has 8 heteroatoms. The molecule has 0 aliphatic heterocycles. The summed E-state index contributed by atoms with van der Waals surface area (Å²) in [5, 5.41) is 14.3. The molecule has 0 saturated carbocycles. The maximum atomic E-state index is 12.2. The quantitative estimate of drug-likeness (QED) is 0.426. The van der Waals surface area contributed by atoms with Crippen LogP contribution in [0.3, 0.4) is 0 Å². The number of methoxy groups -OCH3 is 1. The van der Waals surface area contributed by atoms with Crippen LogP contribution in [0.1, 0.15) is 25.6 Å². The summed E-state index contributed by atoms with van der Waals surface area (Å²) in [4.78, 5) is 28.3. The van der Waals surface area contributed by atoms with Crippen LogP contribution in [0.2, 0.25) is 0 Å². The van der Waals surface area contributed by atoms with E-state index in [0.717, 1.165) is 4.47 Å². The van der Waals surface area contributed by atoms with Crippen molar-refractivity contribution in [2.24, 2.45) is 0 Å². The molecule has 1 aromatic heterocycles. The lowest BCUT2D eigenvalue weighted by Gasteiger charge is -2.25. The summed E-state index contributed by atoms with van der Waals surface area (Å²) in [6, 6.07) is 1.88. The first-order valence-corrected chi connectivity index (χ1v) is 9.08. The summed E-state index contributed by atoms with van der Waals surface area (Å²) in [6.45, 7) is 10.6. The second-order valence-corrected chi connectivity index (χ2v) is 5.74. The normalized spacial score (nSPS) is 12.7. The Morgan fingerprint density at radius 3 is 2.56 bits per heavy atom. The molecule has 1 rings (SSSR count). The fraction of sp³-hybridized carbons (Fsp3) is 0.316. The highest BCUT2D eigenvalue weighted by Crippen LogP contribution is 2.20. The standard InChI is InChI=1S/C17H20BrN3O4.C2H6/c1-4-6-11(5-2)16(23)21-17(24)20-15(14(10-22)25-3)13-9-12(18)7-8-19-13;1-2/h4-9,14-15,22H,1-2,10H2,3H3,(H2,20,21,23,24);1-2H3/b11-6+;. The molecule has 27 heavy (non-hydrogen) atoms. The Bertz CT molecular complexity index is 673. The Kier molecular flexibility index (Phi) is 12.7. The van der Waals surface area contributed by atoms with E-state index in [2.05, 4.69) is 44.7 Å². The Hall–Kier alpha value is -2.29. The van der Waals surface area contributed by atoms with Crippen LogP contribution in [0.4, 0.5) is 4.79 Å². The zero-order chi connectivity index (χ0) is 20.8. The molecule has 0 radical (unpaired) electrons. The topological polar surface area (TPSA) is 101 Å². The number of nitrogens with one attached hydrogen (secondary N) is 2. The zero-order valence-electron chi connectivity index (χ0n) is 15.7. The highest BCUT2D eigenvalue weighted by atomic mass is 79.9. The number of nitrogens with zero attached hydrogens (tertiary/aromatic N) is 1. The molecule has 0 aromatic carbocycles. The van der Waals surface area contributed by atoms with E-state index in [0.29, 0.717) is 5.69 Å². The van der Waals surface area contributed by atoms with Crippen LogP contribution in [-0.4, -0.2) is 41.8 Å². The summed E-state index contributed by atoms with van der Waals surface area (Å²) in [5.41, 5.74) is 0.649. The summed E-state index contributed by atoms with van der Waals surface area (Å²) in [6.07, 6.45) is 4.95. The van der Waals surface area contributed by atoms with Gasteiger partial charge in [-0.2, -0.15) is 0 Å². The third-order valence-electron chi connectivity index (χ3n) is 3.21. The van der Waals surface area contributed by atoms with Crippen molar-refractivity contribution in [3.05, 3.63) is 65.5 Å². The zero-order valence-corrected chi connectivity index (χ0v) is 17.3. The number of hydrogen-bond donors (Lipinski definition) is 3. The predicted octanol–water partition coefficient (Wildman–Crippen LogP) is 3.04. The molecule has 0 spiro atoms. The van der Waals surface area contributed by atoms with Gasteiger partial charge < -0.3 is 15.2 Å². The van der Waals surface area contributed by atoms with Crippen LogP contribution in [0, 0.1) is 0 Å². The van der Waals surface area contributed by atoms with E-state index in [4.69, 9.17) is 4.74 Å². The molecule has 0 fully saturated rings. The first-order valence-electron chi connectivity index (χ1n) is 8.28. The molecule has 1 aromatic rings. The summed E-state index contributed by atoms with van der Waals surface area (Å²) < 4.78 is 5.94. The lowest BCUT2D eigenvalue weighted by molar-refractivity contribution is -0.116.